The first kappa shape index (κ1) is 14.8. The summed E-state index contributed by atoms with van der Waals surface area (Å²) >= 11 is 0. The van der Waals surface area contributed by atoms with Crippen LogP contribution in [0.25, 0.3) is 0 Å². The van der Waals surface area contributed by atoms with Crippen LogP contribution < -0.4 is 10.6 Å². The molecule has 2 rings (SSSR count). The molecule has 0 aliphatic carbocycles. The maximum absolute atomic E-state index is 11.5. The standard InChI is InChI=1S/C15H14O6/c1-3-11-4-6-12(7-5-11)18-9-14(16)19-8-13-10(2)20-15(17)21-13/h3-7H,1,8-9H2,2H3. The van der Waals surface area contributed by atoms with Crippen LogP contribution in [0.15, 0.2) is 37.9 Å². The second-order valence-electron chi connectivity index (χ2n) is 4.16. The van der Waals surface area contributed by atoms with Crippen molar-refractivity contribution >= 4 is 5.97 Å². The Labute approximate surface area is 121 Å². The Kier molecular flexibility index (Phi) is 4.71. The van der Waals surface area contributed by atoms with E-state index in [1.54, 1.807) is 25.5 Å². The van der Waals surface area contributed by atoms with Gasteiger partial charge in [0.1, 0.15) is 5.75 Å². The van der Waals surface area contributed by atoms with Gasteiger partial charge in [-0.05, 0) is 6.92 Å². The first-order chi connectivity index (χ1) is 10.1. The zero-order valence-corrected chi connectivity index (χ0v) is 11.5. The number of rotatable bonds is 6. The molecule has 0 atom stereocenters. The van der Waals surface area contributed by atoms with Crippen LogP contribution in [0.3, 0.4) is 0 Å². The van der Waals surface area contributed by atoms with Gasteiger partial charge in [-0.15, -0.1) is 6.42 Å². The van der Waals surface area contributed by atoms with Crippen molar-refractivity contribution in [1.29, 1.82) is 0 Å². The molecule has 0 saturated carbocycles. The molecule has 1 aromatic carbocycles. The maximum atomic E-state index is 11.5. The lowest BCUT2D eigenvalue weighted by atomic mass is 10.2. The number of carbonyl (C=O) groups is 1. The number of ether oxygens (including phenoxy) is 2. The van der Waals surface area contributed by atoms with E-state index in [4.69, 9.17) is 13.9 Å². The number of carbonyl (C=O) groups excluding carboxylic acids is 1. The molecule has 0 saturated heterocycles. The van der Waals surface area contributed by atoms with Gasteiger partial charge in [-0.2, -0.15) is 0 Å². The Morgan fingerprint density at radius 3 is 2.57 bits per heavy atom. The summed E-state index contributed by atoms with van der Waals surface area (Å²) in [6.45, 7) is 4.78. The van der Waals surface area contributed by atoms with E-state index in [-0.39, 0.29) is 24.7 Å². The first-order valence-electron chi connectivity index (χ1n) is 6.19. The summed E-state index contributed by atoms with van der Waals surface area (Å²) in [4.78, 5) is 22.3. The number of benzene rings is 1. The fourth-order valence-electron chi connectivity index (χ4n) is 1.54. The van der Waals surface area contributed by atoms with E-state index >= 15 is 0 Å². The van der Waals surface area contributed by atoms with Gasteiger partial charge in [0, 0.05) is 24.3 Å². The first-order valence-corrected chi connectivity index (χ1v) is 6.19. The number of hydrogen-bond acceptors (Lipinski definition) is 6. The lowest BCUT2D eigenvalue weighted by molar-refractivity contribution is -0.147. The van der Waals surface area contributed by atoms with Crippen LogP contribution in [-0.2, 0) is 16.1 Å². The Balaban J connectivity index is 1.79. The minimum Gasteiger partial charge on any atom is -0.479 e. The van der Waals surface area contributed by atoms with Gasteiger partial charge in [0.15, 0.2) is 24.7 Å². The summed E-state index contributed by atoms with van der Waals surface area (Å²) in [6.07, 6.45) is 1.71. The number of hydrogen-bond donors (Lipinski definition) is 0. The van der Waals surface area contributed by atoms with Gasteiger partial charge < -0.3 is 18.3 Å². The van der Waals surface area contributed by atoms with Crippen molar-refractivity contribution in [1.82, 2.24) is 0 Å². The van der Waals surface area contributed by atoms with Gasteiger partial charge >= 0.3 is 11.8 Å². The monoisotopic (exact) mass is 290 g/mol. The van der Waals surface area contributed by atoms with Gasteiger partial charge in [0.2, 0.25) is 0 Å². The third kappa shape index (κ3) is 4.17. The molecule has 0 spiro atoms. The molecule has 6 heteroatoms. The molecule has 0 bridgehead atoms. The summed E-state index contributed by atoms with van der Waals surface area (Å²) in [5, 5.41) is 0. The Morgan fingerprint density at radius 1 is 1.29 bits per heavy atom. The highest BCUT2D eigenvalue weighted by Gasteiger charge is 2.12. The van der Waals surface area contributed by atoms with Gasteiger partial charge in [-0.25, -0.2) is 9.59 Å². The molecule has 0 fully saturated rings. The molecule has 0 aliphatic rings. The van der Waals surface area contributed by atoms with Gasteiger partial charge in [0.25, 0.3) is 0 Å². The molecule has 6 nitrogen and oxygen atoms in total. The van der Waals surface area contributed by atoms with Crippen molar-refractivity contribution in [3.05, 3.63) is 65.3 Å². The smallest absolute Gasteiger partial charge is 0.479 e. The molecule has 21 heavy (non-hydrogen) atoms. The fraction of sp³-hybridized carbons (Fsp3) is 0.200. The Bertz CT molecular complexity index is 650. The molecular formula is C15H14O6. The van der Waals surface area contributed by atoms with E-state index in [1.807, 2.05) is 12.1 Å². The topological polar surface area (TPSA) is 78.9 Å². The summed E-state index contributed by atoms with van der Waals surface area (Å²) in [5.41, 5.74) is 0.954. The molecule has 0 amide bonds. The van der Waals surface area contributed by atoms with E-state index in [0.29, 0.717) is 5.75 Å². The molecule has 0 N–H and O–H groups in total. The average Bonchev–Trinajstić information content (AvgIpc) is 2.81. The van der Waals surface area contributed by atoms with Gasteiger partial charge in [-0.1, -0.05) is 0 Å². The third-order valence-electron chi connectivity index (χ3n) is 2.67. The van der Waals surface area contributed by atoms with Gasteiger partial charge in [-0.3, -0.25) is 6.92 Å². The van der Waals surface area contributed by atoms with E-state index < -0.39 is 11.8 Å². The third-order valence-corrected chi connectivity index (χ3v) is 2.67. The molecule has 1 heterocycles. The average molecular weight is 290 g/mol. The minimum absolute atomic E-state index is 0.171. The molecule has 0 radical (unpaired) electrons. The van der Waals surface area contributed by atoms with Crippen molar-refractivity contribution in [2.24, 2.45) is 0 Å². The Hall–Kier alpha value is -2.63. The lowest BCUT2D eigenvalue weighted by Crippen LogP contribution is -2.14. The fourth-order valence-corrected chi connectivity index (χ4v) is 1.54. The van der Waals surface area contributed by atoms with Crippen molar-refractivity contribution in [2.75, 3.05) is 6.61 Å². The zero-order chi connectivity index (χ0) is 15.2. The van der Waals surface area contributed by atoms with Crippen molar-refractivity contribution in [3.8, 4) is 5.75 Å². The van der Waals surface area contributed by atoms with Crippen LogP contribution in [-0.4, -0.2) is 12.6 Å². The SMILES string of the molecule is [CH2-][CH+]c1ccc(OCC(=O)OCc2oc(=O)oc2C)cc1. The quantitative estimate of drug-likeness (QED) is 0.598. The summed E-state index contributed by atoms with van der Waals surface area (Å²) in [6, 6.07) is 7.08. The van der Waals surface area contributed by atoms with E-state index in [0.717, 1.165) is 5.56 Å². The van der Waals surface area contributed by atoms with Crippen molar-refractivity contribution in [3.63, 3.8) is 0 Å². The van der Waals surface area contributed by atoms with Crippen molar-refractivity contribution in [2.45, 2.75) is 13.5 Å². The van der Waals surface area contributed by atoms with E-state index in [2.05, 4.69) is 11.3 Å². The van der Waals surface area contributed by atoms with Crippen LogP contribution in [0.2, 0.25) is 0 Å². The molecule has 0 aliphatic heterocycles. The van der Waals surface area contributed by atoms with E-state index in [9.17, 15) is 9.59 Å². The molecule has 0 unspecified atom stereocenters. The second kappa shape index (κ2) is 6.69. The van der Waals surface area contributed by atoms with Crippen LogP contribution in [0.5, 0.6) is 5.75 Å². The lowest BCUT2D eigenvalue weighted by Gasteiger charge is -2.05. The van der Waals surface area contributed by atoms with Crippen LogP contribution in [0.1, 0.15) is 17.1 Å². The highest BCUT2D eigenvalue weighted by atomic mass is 16.6. The maximum Gasteiger partial charge on any atom is 0.519 e. The highest BCUT2D eigenvalue weighted by molar-refractivity contribution is 5.71. The zero-order valence-electron chi connectivity index (χ0n) is 11.5. The summed E-state index contributed by atoms with van der Waals surface area (Å²) in [5.74, 6) is -0.385. The molecule has 2 aromatic rings. The molecule has 1 aromatic heterocycles. The van der Waals surface area contributed by atoms with Gasteiger partial charge in [0.05, 0.1) is 5.56 Å². The second-order valence-corrected chi connectivity index (χ2v) is 4.16. The Morgan fingerprint density at radius 2 is 2.00 bits per heavy atom. The van der Waals surface area contributed by atoms with Crippen LogP contribution in [0.4, 0.5) is 0 Å². The minimum atomic E-state index is -0.822. The highest BCUT2D eigenvalue weighted by Crippen LogP contribution is 2.13. The van der Waals surface area contributed by atoms with Crippen LogP contribution >= 0.6 is 0 Å². The normalized spacial score (nSPS) is 10.2. The summed E-state index contributed by atoms with van der Waals surface area (Å²) < 4.78 is 19.5. The number of esters is 1. The van der Waals surface area contributed by atoms with Crippen molar-refractivity contribution < 1.29 is 23.1 Å². The predicted molar refractivity (Wildman–Crippen MR) is 72.5 cm³/mol. The molecular weight excluding hydrogens is 276 g/mol. The number of aryl methyl sites for hydroxylation is 1. The van der Waals surface area contributed by atoms with Crippen LogP contribution in [0, 0.1) is 20.3 Å². The largest absolute Gasteiger partial charge is 0.519 e. The van der Waals surface area contributed by atoms with E-state index in [1.165, 1.54) is 0 Å². The molecule has 110 valence electrons. The predicted octanol–water partition coefficient (Wildman–Crippen LogP) is 2.05. The summed E-state index contributed by atoms with van der Waals surface area (Å²) in [7, 11) is 0.